The van der Waals surface area contributed by atoms with Crippen LogP contribution in [0.3, 0.4) is 0 Å². The Balaban J connectivity index is 1.71. The van der Waals surface area contributed by atoms with E-state index in [0.717, 1.165) is 40.7 Å². The molecule has 1 saturated carbocycles. The van der Waals surface area contributed by atoms with Crippen LogP contribution in [0.15, 0.2) is 53.5 Å². The van der Waals surface area contributed by atoms with Crippen molar-refractivity contribution in [2.75, 3.05) is 0 Å². The molecule has 0 unspecified atom stereocenters. The van der Waals surface area contributed by atoms with Gasteiger partial charge in [0.1, 0.15) is 5.52 Å². The van der Waals surface area contributed by atoms with Crippen molar-refractivity contribution in [2.24, 2.45) is 0 Å². The summed E-state index contributed by atoms with van der Waals surface area (Å²) in [6.07, 6.45) is 4.06. The topological polar surface area (TPSA) is 52.7 Å². The van der Waals surface area contributed by atoms with E-state index in [4.69, 9.17) is 5.10 Å². The van der Waals surface area contributed by atoms with Gasteiger partial charge in [0.25, 0.3) is 5.56 Å². The number of aromatic nitrogens is 4. The second kappa shape index (κ2) is 6.69. The summed E-state index contributed by atoms with van der Waals surface area (Å²) in [5, 5.41) is 10.3. The van der Waals surface area contributed by atoms with Crippen LogP contribution in [0.25, 0.3) is 16.6 Å². The van der Waals surface area contributed by atoms with Crippen LogP contribution >= 0.6 is 0 Å². The predicted molar refractivity (Wildman–Crippen MR) is 115 cm³/mol. The Morgan fingerprint density at radius 1 is 1.00 bits per heavy atom. The van der Waals surface area contributed by atoms with Gasteiger partial charge in [0.2, 0.25) is 0 Å². The lowest BCUT2D eigenvalue weighted by atomic mass is 10.1. The third-order valence-corrected chi connectivity index (χ3v) is 5.71. The summed E-state index contributed by atoms with van der Waals surface area (Å²) in [5.41, 5.74) is 7.05. The molecule has 0 radical (unpaired) electrons. The highest BCUT2D eigenvalue weighted by Gasteiger charge is 2.30. The number of fused-ring (bicyclic) bond motifs is 1. The molecule has 1 aliphatic rings. The molecular formula is C24H24N4O. The van der Waals surface area contributed by atoms with Crippen molar-refractivity contribution in [3.8, 4) is 5.69 Å². The van der Waals surface area contributed by atoms with Crippen molar-refractivity contribution in [3.05, 3.63) is 87.0 Å². The van der Waals surface area contributed by atoms with E-state index >= 15 is 0 Å². The smallest absolute Gasteiger partial charge is 0.265 e. The highest BCUT2D eigenvalue weighted by atomic mass is 16.1. The first-order valence-electron chi connectivity index (χ1n) is 10.1. The normalized spacial score (nSPS) is 13.9. The molecule has 5 nitrogen and oxygen atoms in total. The first-order chi connectivity index (χ1) is 14.0. The first-order valence-corrected chi connectivity index (χ1v) is 10.1. The summed E-state index contributed by atoms with van der Waals surface area (Å²) in [5.74, 6) is 0.430. The fourth-order valence-electron chi connectivity index (χ4n) is 3.95. The Labute approximate surface area is 169 Å². The van der Waals surface area contributed by atoms with Gasteiger partial charge in [-0.05, 0) is 50.8 Å². The molecule has 0 aliphatic heterocycles. The predicted octanol–water partition coefficient (Wildman–Crippen LogP) is 4.43. The van der Waals surface area contributed by atoms with Crippen LogP contribution in [0.4, 0.5) is 0 Å². The summed E-state index contributed by atoms with van der Waals surface area (Å²) in [6.45, 7) is 6.66. The van der Waals surface area contributed by atoms with E-state index in [1.807, 2.05) is 12.3 Å². The van der Waals surface area contributed by atoms with Crippen molar-refractivity contribution < 1.29 is 0 Å². The molecule has 1 aliphatic carbocycles. The Kier molecular flexibility index (Phi) is 4.12. The number of nitrogens with zero attached hydrogens (tertiary/aromatic N) is 4. The van der Waals surface area contributed by atoms with Crippen molar-refractivity contribution in [2.45, 2.75) is 46.1 Å². The zero-order valence-electron chi connectivity index (χ0n) is 17.0. The van der Waals surface area contributed by atoms with Gasteiger partial charge in [0.15, 0.2) is 0 Å². The number of hydrogen-bond donors (Lipinski definition) is 0. The number of benzene rings is 2. The van der Waals surface area contributed by atoms with Crippen LogP contribution in [0.1, 0.15) is 46.7 Å². The van der Waals surface area contributed by atoms with Gasteiger partial charge in [-0.2, -0.15) is 10.2 Å². The van der Waals surface area contributed by atoms with Crippen LogP contribution in [-0.4, -0.2) is 19.6 Å². The Morgan fingerprint density at radius 2 is 1.72 bits per heavy atom. The maximum absolute atomic E-state index is 13.5. The van der Waals surface area contributed by atoms with Crippen LogP contribution < -0.4 is 5.56 Å². The van der Waals surface area contributed by atoms with Gasteiger partial charge in [0.05, 0.1) is 24.1 Å². The summed E-state index contributed by atoms with van der Waals surface area (Å²) in [7, 11) is 0. The van der Waals surface area contributed by atoms with Gasteiger partial charge < -0.3 is 0 Å². The zero-order chi connectivity index (χ0) is 20.1. The van der Waals surface area contributed by atoms with Gasteiger partial charge in [-0.3, -0.25) is 4.79 Å². The summed E-state index contributed by atoms with van der Waals surface area (Å²) in [6, 6.07) is 14.5. The fourth-order valence-corrected chi connectivity index (χ4v) is 3.95. The van der Waals surface area contributed by atoms with Crippen molar-refractivity contribution >= 4 is 10.9 Å². The molecule has 2 aromatic carbocycles. The summed E-state index contributed by atoms with van der Waals surface area (Å²) < 4.78 is 3.41. The lowest BCUT2D eigenvalue weighted by molar-refractivity contribution is 0.626. The SMILES string of the molecule is Cc1ccc(Cn2nc(C3CC3)c3cnn(-c4ccc(C)cc4C)c3c2=O)cc1. The van der Waals surface area contributed by atoms with Gasteiger partial charge in [-0.15, -0.1) is 0 Å². The quantitative estimate of drug-likeness (QED) is 0.523. The largest absolute Gasteiger partial charge is 0.293 e. The van der Waals surface area contributed by atoms with E-state index in [-0.39, 0.29) is 5.56 Å². The lowest BCUT2D eigenvalue weighted by Gasteiger charge is -2.12. The minimum absolute atomic E-state index is 0.0950. The first kappa shape index (κ1) is 17.9. The Hall–Kier alpha value is -3.21. The molecule has 5 heteroatoms. The third-order valence-electron chi connectivity index (χ3n) is 5.71. The highest BCUT2D eigenvalue weighted by molar-refractivity contribution is 5.82. The van der Waals surface area contributed by atoms with Crippen molar-refractivity contribution in [1.29, 1.82) is 0 Å². The molecule has 29 heavy (non-hydrogen) atoms. The molecule has 0 N–H and O–H groups in total. The summed E-state index contributed by atoms with van der Waals surface area (Å²) in [4.78, 5) is 13.5. The lowest BCUT2D eigenvalue weighted by Crippen LogP contribution is -2.26. The minimum Gasteiger partial charge on any atom is -0.265 e. The standard InChI is InChI=1S/C24H24N4O/c1-15-4-7-18(8-5-15)14-27-24(29)23-20(22(26-27)19-9-10-19)13-25-28(23)21-11-6-16(2)12-17(21)3/h4-8,11-13,19H,9-10,14H2,1-3H3. The monoisotopic (exact) mass is 384 g/mol. The van der Waals surface area contributed by atoms with Gasteiger partial charge >= 0.3 is 0 Å². The maximum atomic E-state index is 13.5. The zero-order valence-corrected chi connectivity index (χ0v) is 17.0. The molecular weight excluding hydrogens is 360 g/mol. The van der Waals surface area contributed by atoms with E-state index in [1.54, 1.807) is 9.36 Å². The molecule has 5 rings (SSSR count). The minimum atomic E-state index is -0.0950. The average molecular weight is 384 g/mol. The number of rotatable bonds is 4. The van der Waals surface area contributed by atoms with Crippen LogP contribution in [0.5, 0.6) is 0 Å². The van der Waals surface area contributed by atoms with Gasteiger partial charge in [-0.1, -0.05) is 47.5 Å². The van der Waals surface area contributed by atoms with Crippen molar-refractivity contribution in [3.63, 3.8) is 0 Å². The van der Waals surface area contributed by atoms with Crippen LogP contribution in [-0.2, 0) is 6.54 Å². The highest BCUT2D eigenvalue weighted by Crippen LogP contribution is 2.41. The van der Waals surface area contributed by atoms with E-state index in [1.165, 1.54) is 11.1 Å². The number of aryl methyl sites for hydroxylation is 3. The van der Waals surface area contributed by atoms with Crippen LogP contribution in [0.2, 0.25) is 0 Å². The Bertz CT molecular complexity index is 1280. The molecule has 146 valence electrons. The molecule has 4 aromatic rings. The van der Waals surface area contributed by atoms with Crippen molar-refractivity contribution in [1.82, 2.24) is 19.6 Å². The fraction of sp³-hybridized carbons (Fsp3) is 0.292. The second-order valence-corrected chi connectivity index (χ2v) is 8.22. The molecule has 1 fully saturated rings. The van der Waals surface area contributed by atoms with E-state index < -0.39 is 0 Å². The third kappa shape index (κ3) is 3.16. The molecule has 0 amide bonds. The second-order valence-electron chi connectivity index (χ2n) is 8.22. The van der Waals surface area contributed by atoms with E-state index in [2.05, 4.69) is 62.3 Å². The number of hydrogen-bond acceptors (Lipinski definition) is 3. The molecule has 2 heterocycles. The maximum Gasteiger partial charge on any atom is 0.293 e. The molecule has 0 atom stereocenters. The average Bonchev–Trinajstić information content (AvgIpc) is 3.44. The Morgan fingerprint density at radius 3 is 2.41 bits per heavy atom. The molecule has 0 bridgehead atoms. The van der Waals surface area contributed by atoms with Gasteiger partial charge in [-0.25, -0.2) is 9.36 Å². The molecule has 0 spiro atoms. The summed E-state index contributed by atoms with van der Waals surface area (Å²) >= 11 is 0. The molecule has 0 saturated heterocycles. The van der Waals surface area contributed by atoms with Gasteiger partial charge in [0, 0.05) is 11.3 Å². The van der Waals surface area contributed by atoms with E-state index in [0.29, 0.717) is 18.0 Å². The van der Waals surface area contributed by atoms with E-state index in [9.17, 15) is 4.79 Å². The van der Waals surface area contributed by atoms with Crippen LogP contribution in [0, 0.1) is 20.8 Å². The molecule has 2 aromatic heterocycles.